The molecule has 122 valence electrons. The Balaban J connectivity index is 1.99. The molecule has 6 nitrogen and oxygen atoms in total. The van der Waals surface area contributed by atoms with Gasteiger partial charge in [0, 0.05) is 5.56 Å². The van der Waals surface area contributed by atoms with E-state index in [-0.39, 0.29) is 11.4 Å². The van der Waals surface area contributed by atoms with Crippen molar-refractivity contribution in [3.8, 4) is 11.3 Å². The molecule has 0 atom stereocenters. The molecule has 3 rings (SSSR count). The van der Waals surface area contributed by atoms with Gasteiger partial charge in [-0.25, -0.2) is 4.68 Å². The number of nitrogens with two attached hydrogens (primary N) is 1. The van der Waals surface area contributed by atoms with Gasteiger partial charge in [-0.3, -0.25) is 10.3 Å². The highest BCUT2D eigenvalue weighted by Crippen LogP contribution is 2.33. The summed E-state index contributed by atoms with van der Waals surface area (Å²) in [5, 5.41) is 13.3. The van der Waals surface area contributed by atoms with E-state index in [1.165, 1.54) is 19.3 Å². The second-order valence-electron chi connectivity index (χ2n) is 5.59. The number of anilines is 1. The molecule has 0 saturated carbocycles. The van der Waals surface area contributed by atoms with Gasteiger partial charge < -0.3 is 5.73 Å². The summed E-state index contributed by atoms with van der Waals surface area (Å²) in [6, 6.07) is 5.29. The third-order valence-corrected chi connectivity index (χ3v) is 4.74. The van der Waals surface area contributed by atoms with Crippen molar-refractivity contribution < 1.29 is 0 Å². The molecule has 0 bridgehead atoms. The molecule has 0 unspecified atom stereocenters. The third-order valence-electron chi connectivity index (χ3n) is 3.92. The van der Waals surface area contributed by atoms with Crippen LogP contribution in [0.2, 0.25) is 10.0 Å². The summed E-state index contributed by atoms with van der Waals surface area (Å²) >= 11 is 12.3. The fourth-order valence-corrected chi connectivity index (χ4v) is 3.10. The standard InChI is InChI=1S/C15H18Cl2N6/c16-11-6-4-5-10(12(11)17)13-14(18)20-15(19)23(21-13)9-22-7-2-1-3-8-22/h4-6H,1-3,7-9H2,(H3,18,19,20). The van der Waals surface area contributed by atoms with Crippen molar-refractivity contribution in [2.45, 2.75) is 25.9 Å². The average Bonchev–Trinajstić information content (AvgIpc) is 2.54. The zero-order valence-electron chi connectivity index (χ0n) is 12.6. The van der Waals surface area contributed by atoms with Crippen LogP contribution in [0.15, 0.2) is 18.2 Å². The second-order valence-corrected chi connectivity index (χ2v) is 6.38. The number of piperidine rings is 1. The van der Waals surface area contributed by atoms with Crippen molar-refractivity contribution in [1.29, 1.82) is 5.41 Å². The van der Waals surface area contributed by atoms with E-state index in [9.17, 15) is 0 Å². The van der Waals surface area contributed by atoms with Crippen molar-refractivity contribution in [2.24, 2.45) is 0 Å². The van der Waals surface area contributed by atoms with E-state index in [4.69, 9.17) is 34.3 Å². The predicted octanol–water partition coefficient (Wildman–Crippen LogP) is 2.76. The van der Waals surface area contributed by atoms with Gasteiger partial charge in [0.2, 0.25) is 5.62 Å². The number of halogens is 2. The van der Waals surface area contributed by atoms with E-state index in [0.29, 0.717) is 28.0 Å². The van der Waals surface area contributed by atoms with Gasteiger partial charge in [0.25, 0.3) is 0 Å². The molecular formula is C15H18Cl2N6. The molecule has 1 saturated heterocycles. The number of nitrogens with zero attached hydrogens (tertiary/aromatic N) is 4. The highest BCUT2D eigenvalue weighted by Gasteiger charge is 2.16. The van der Waals surface area contributed by atoms with Crippen LogP contribution < -0.4 is 11.4 Å². The monoisotopic (exact) mass is 352 g/mol. The van der Waals surface area contributed by atoms with Gasteiger partial charge in [0.15, 0.2) is 5.82 Å². The third kappa shape index (κ3) is 3.49. The largest absolute Gasteiger partial charge is 0.382 e. The molecule has 1 aromatic carbocycles. The van der Waals surface area contributed by atoms with Gasteiger partial charge in [-0.1, -0.05) is 41.8 Å². The van der Waals surface area contributed by atoms with E-state index in [0.717, 1.165) is 13.1 Å². The van der Waals surface area contributed by atoms with Gasteiger partial charge in [-0.2, -0.15) is 10.1 Å². The molecule has 0 radical (unpaired) electrons. The van der Waals surface area contributed by atoms with Crippen LogP contribution in [0.4, 0.5) is 5.82 Å². The zero-order chi connectivity index (χ0) is 16.4. The van der Waals surface area contributed by atoms with Crippen LogP contribution in [0.3, 0.4) is 0 Å². The minimum atomic E-state index is 0.0370. The number of benzene rings is 1. The number of hydrogen-bond donors (Lipinski definition) is 2. The molecule has 3 N–H and O–H groups in total. The maximum atomic E-state index is 8.01. The summed E-state index contributed by atoms with van der Waals surface area (Å²) in [4.78, 5) is 6.36. The quantitative estimate of drug-likeness (QED) is 0.889. The van der Waals surface area contributed by atoms with E-state index < -0.39 is 0 Å². The first kappa shape index (κ1) is 16.2. The predicted molar refractivity (Wildman–Crippen MR) is 91.2 cm³/mol. The minimum Gasteiger partial charge on any atom is -0.382 e. The van der Waals surface area contributed by atoms with E-state index >= 15 is 0 Å². The van der Waals surface area contributed by atoms with Gasteiger partial charge in [0.1, 0.15) is 5.69 Å². The van der Waals surface area contributed by atoms with Crippen LogP contribution in [-0.4, -0.2) is 32.8 Å². The highest BCUT2D eigenvalue weighted by atomic mass is 35.5. The van der Waals surface area contributed by atoms with Crippen molar-refractivity contribution in [3.63, 3.8) is 0 Å². The summed E-state index contributed by atoms with van der Waals surface area (Å²) in [6.45, 7) is 2.54. The molecule has 8 heteroatoms. The number of nitrogens with one attached hydrogen (secondary N) is 1. The summed E-state index contributed by atoms with van der Waals surface area (Å²) < 4.78 is 1.55. The van der Waals surface area contributed by atoms with Crippen molar-refractivity contribution >= 4 is 29.0 Å². The smallest absolute Gasteiger partial charge is 0.241 e. The van der Waals surface area contributed by atoms with Crippen LogP contribution in [0.25, 0.3) is 11.3 Å². The molecule has 1 aromatic heterocycles. The Hall–Kier alpha value is -1.63. The normalized spacial score (nSPS) is 15.7. The number of aromatic nitrogens is 3. The van der Waals surface area contributed by atoms with Crippen molar-refractivity contribution in [2.75, 3.05) is 18.8 Å². The topological polar surface area (TPSA) is 83.8 Å². The fourth-order valence-electron chi connectivity index (χ4n) is 2.71. The van der Waals surface area contributed by atoms with Crippen molar-refractivity contribution in [3.05, 3.63) is 33.9 Å². The second kappa shape index (κ2) is 6.86. The molecular weight excluding hydrogens is 335 g/mol. The first-order chi connectivity index (χ1) is 11.1. The molecule has 0 aliphatic carbocycles. The molecule has 1 aliphatic rings. The average molecular weight is 353 g/mol. The minimum absolute atomic E-state index is 0.0370. The van der Waals surface area contributed by atoms with Gasteiger partial charge in [-0.15, -0.1) is 0 Å². The van der Waals surface area contributed by atoms with E-state index in [1.807, 2.05) is 0 Å². The van der Waals surface area contributed by atoms with Gasteiger partial charge in [0.05, 0.1) is 16.7 Å². The fraction of sp³-hybridized carbons (Fsp3) is 0.400. The Bertz CT molecular complexity index is 767. The van der Waals surface area contributed by atoms with Crippen molar-refractivity contribution in [1.82, 2.24) is 19.7 Å². The lowest BCUT2D eigenvalue weighted by Crippen LogP contribution is -2.38. The number of nitrogen functional groups attached to an aromatic ring is 1. The Morgan fingerprint density at radius 3 is 2.65 bits per heavy atom. The number of likely N-dealkylation sites (tertiary alicyclic amines) is 1. The Morgan fingerprint density at radius 2 is 1.91 bits per heavy atom. The first-order valence-electron chi connectivity index (χ1n) is 7.52. The number of rotatable bonds is 3. The Kier molecular flexibility index (Phi) is 4.84. The molecule has 1 fully saturated rings. The molecule has 0 spiro atoms. The van der Waals surface area contributed by atoms with Crippen LogP contribution in [0.1, 0.15) is 19.3 Å². The molecule has 23 heavy (non-hydrogen) atoms. The zero-order valence-corrected chi connectivity index (χ0v) is 14.1. The van der Waals surface area contributed by atoms with E-state index in [1.54, 1.807) is 22.9 Å². The van der Waals surface area contributed by atoms with Crippen LogP contribution in [0.5, 0.6) is 0 Å². The number of hydrogen-bond acceptors (Lipinski definition) is 5. The maximum Gasteiger partial charge on any atom is 0.241 e. The van der Waals surface area contributed by atoms with Gasteiger partial charge in [-0.05, 0) is 32.0 Å². The lowest BCUT2D eigenvalue weighted by atomic mass is 10.1. The molecule has 2 aromatic rings. The highest BCUT2D eigenvalue weighted by molar-refractivity contribution is 6.43. The lowest BCUT2D eigenvalue weighted by molar-refractivity contribution is 0.167. The molecule has 0 amide bonds. The first-order valence-corrected chi connectivity index (χ1v) is 8.28. The lowest BCUT2D eigenvalue weighted by Gasteiger charge is -2.26. The van der Waals surface area contributed by atoms with Gasteiger partial charge >= 0.3 is 0 Å². The van der Waals surface area contributed by atoms with Crippen LogP contribution >= 0.6 is 23.2 Å². The van der Waals surface area contributed by atoms with Crippen LogP contribution in [-0.2, 0) is 6.67 Å². The maximum absolute atomic E-state index is 8.01. The summed E-state index contributed by atoms with van der Waals surface area (Å²) in [5.41, 5.74) is 7.06. The molecule has 1 aliphatic heterocycles. The summed E-state index contributed by atoms with van der Waals surface area (Å²) in [7, 11) is 0. The summed E-state index contributed by atoms with van der Waals surface area (Å²) in [5.74, 6) is 0.175. The molecule has 2 heterocycles. The Labute approximate surface area is 144 Å². The van der Waals surface area contributed by atoms with E-state index in [2.05, 4.69) is 15.0 Å². The SMILES string of the molecule is N=c1nc(N)c(-c2cccc(Cl)c2Cl)nn1CN1CCCCC1. The van der Waals surface area contributed by atoms with Crippen LogP contribution in [0, 0.1) is 5.41 Å². The summed E-state index contributed by atoms with van der Waals surface area (Å²) in [6.07, 6.45) is 3.60. The Morgan fingerprint density at radius 1 is 1.17 bits per heavy atom.